The van der Waals surface area contributed by atoms with Crippen molar-refractivity contribution < 1.29 is 32.6 Å². The van der Waals surface area contributed by atoms with Gasteiger partial charge in [0, 0.05) is 17.6 Å². The van der Waals surface area contributed by atoms with Crippen molar-refractivity contribution >= 4 is 23.2 Å². The Hall–Kier alpha value is -1.68. The summed E-state index contributed by atoms with van der Waals surface area (Å²) in [5.41, 5.74) is -3.97. The molecule has 0 aliphatic heterocycles. The third-order valence-electron chi connectivity index (χ3n) is 4.66. The van der Waals surface area contributed by atoms with Crippen molar-refractivity contribution in [3.63, 3.8) is 0 Å². The first kappa shape index (κ1) is 20.6. The molecule has 0 saturated heterocycles. The number of nitrogens with zero attached hydrogens (tertiary/aromatic N) is 1. The second-order valence-electron chi connectivity index (χ2n) is 6.58. The van der Waals surface area contributed by atoms with Crippen molar-refractivity contribution in [2.45, 2.75) is 50.8 Å². The summed E-state index contributed by atoms with van der Waals surface area (Å²) in [6.45, 7) is 1.38. The molecule has 1 saturated carbocycles. The molecule has 2 rings (SSSR count). The van der Waals surface area contributed by atoms with Gasteiger partial charge < -0.3 is 15.2 Å². The van der Waals surface area contributed by atoms with Crippen molar-refractivity contribution in [2.75, 3.05) is 13.7 Å². The molecule has 0 bridgehead atoms. The van der Waals surface area contributed by atoms with E-state index >= 15 is 0 Å². The third-order valence-corrected chi connectivity index (χ3v) is 5.77. The molecule has 1 heterocycles. The first-order valence-corrected chi connectivity index (χ1v) is 8.99. The summed E-state index contributed by atoms with van der Waals surface area (Å²) in [6.07, 6.45) is -3.75. The average molecular weight is 394 g/mol. The Kier molecular flexibility index (Phi) is 5.96. The van der Waals surface area contributed by atoms with Gasteiger partial charge in [-0.3, -0.25) is 9.59 Å². The molecule has 26 heavy (non-hydrogen) atoms. The largest absolute Gasteiger partial charge is 0.469 e. The SMILES string of the molecule is COC(=O)C1(CNC(=O)CC(O)(c2nc(C)cs2)C(F)(F)F)CCCC1. The molecular weight excluding hydrogens is 373 g/mol. The number of esters is 1. The van der Waals surface area contributed by atoms with Crippen LogP contribution in [0.15, 0.2) is 5.38 Å². The maximum Gasteiger partial charge on any atom is 0.424 e. The van der Waals surface area contributed by atoms with Gasteiger partial charge in [0.2, 0.25) is 11.5 Å². The fourth-order valence-corrected chi connectivity index (χ4v) is 4.04. The lowest BCUT2D eigenvalue weighted by molar-refractivity contribution is -0.267. The maximum absolute atomic E-state index is 13.4. The number of aromatic nitrogens is 1. The third kappa shape index (κ3) is 4.01. The fourth-order valence-electron chi connectivity index (χ4n) is 3.13. The number of hydrogen-bond acceptors (Lipinski definition) is 6. The average Bonchev–Trinajstić information content (AvgIpc) is 3.21. The van der Waals surface area contributed by atoms with Gasteiger partial charge in [-0.2, -0.15) is 13.2 Å². The van der Waals surface area contributed by atoms with Crippen LogP contribution in [0.1, 0.15) is 42.8 Å². The van der Waals surface area contributed by atoms with Gasteiger partial charge in [-0.1, -0.05) is 12.8 Å². The van der Waals surface area contributed by atoms with E-state index in [1.54, 1.807) is 0 Å². The minimum atomic E-state index is -5.07. The Bertz CT molecular complexity index is 671. The van der Waals surface area contributed by atoms with E-state index in [0.29, 0.717) is 29.9 Å². The van der Waals surface area contributed by atoms with Gasteiger partial charge in [0.25, 0.3) is 0 Å². The Morgan fingerprint density at radius 1 is 1.38 bits per heavy atom. The first-order valence-electron chi connectivity index (χ1n) is 8.11. The quantitative estimate of drug-likeness (QED) is 0.724. The van der Waals surface area contributed by atoms with Crippen molar-refractivity contribution in [1.82, 2.24) is 10.3 Å². The van der Waals surface area contributed by atoms with Crippen molar-refractivity contribution in [1.29, 1.82) is 0 Å². The van der Waals surface area contributed by atoms with E-state index in [1.807, 2.05) is 0 Å². The number of aliphatic hydroxyl groups is 1. The van der Waals surface area contributed by atoms with Crippen LogP contribution < -0.4 is 5.32 Å². The van der Waals surface area contributed by atoms with E-state index in [1.165, 1.54) is 19.4 Å². The number of halogens is 3. The Balaban J connectivity index is 2.12. The van der Waals surface area contributed by atoms with Crippen LogP contribution in [-0.2, 0) is 19.9 Å². The number of rotatable bonds is 6. The lowest BCUT2D eigenvalue weighted by Crippen LogP contribution is -2.48. The summed E-state index contributed by atoms with van der Waals surface area (Å²) < 4.78 is 45.0. The summed E-state index contributed by atoms with van der Waals surface area (Å²) in [5, 5.41) is 13.3. The molecule has 1 aliphatic rings. The highest BCUT2D eigenvalue weighted by molar-refractivity contribution is 7.09. The number of carbonyl (C=O) groups excluding carboxylic acids is 2. The summed E-state index contributed by atoms with van der Waals surface area (Å²) in [5.74, 6) is -1.50. The molecule has 2 N–H and O–H groups in total. The molecule has 1 aliphatic carbocycles. The molecule has 1 unspecified atom stereocenters. The van der Waals surface area contributed by atoms with Gasteiger partial charge in [0.1, 0.15) is 5.01 Å². The molecule has 1 aromatic rings. The molecule has 1 atom stereocenters. The van der Waals surface area contributed by atoms with E-state index in [9.17, 15) is 27.9 Å². The zero-order valence-corrected chi connectivity index (χ0v) is 15.3. The summed E-state index contributed by atoms with van der Waals surface area (Å²) in [6, 6.07) is 0. The molecular formula is C16H21F3N2O4S. The van der Waals surface area contributed by atoms with E-state index < -0.39 is 40.5 Å². The number of aryl methyl sites for hydroxylation is 1. The van der Waals surface area contributed by atoms with Gasteiger partial charge in [-0.25, -0.2) is 4.98 Å². The van der Waals surface area contributed by atoms with Crippen LogP contribution in [0.4, 0.5) is 13.2 Å². The van der Waals surface area contributed by atoms with Crippen LogP contribution >= 0.6 is 11.3 Å². The van der Waals surface area contributed by atoms with Crippen molar-refractivity contribution in [3.8, 4) is 0 Å². The zero-order chi connectivity index (χ0) is 19.6. The van der Waals surface area contributed by atoms with E-state index in [0.717, 1.165) is 12.8 Å². The number of methoxy groups -OCH3 is 1. The topological polar surface area (TPSA) is 88.5 Å². The lowest BCUT2D eigenvalue weighted by Gasteiger charge is -2.29. The maximum atomic E-state index is 13.4. The van der Waals surface area contributed by atoms with Crippen molar-refractivity contribution in [3.05, 3.63) is 16.1 Å². The number of carbonyl (C=O) groups is 2. The standard InChI is InChI=1S/C16H21F3N2O4S/c1-10-8-26-12(21-10)15(24,16(17,18)19)7-11(22)20-9-14(13(23)25-2)5-3-4-6-14/h8,24H,3-7,9H2,1-2H3,(H,20,22). The smallest absolute Gasteiger partial charge is 0.424 e. The van der Waals surface area contributed by atoms with Gasteiger partial charge in [0.15, 0.2) is 0 Å². The zero-order valence-electron chi connectivity index (χ0n) is 14.5. The Labute approximate surface area is 152 Å². The van der Waals surface area contributed by atoms with E-state index in [-0.39, 0.29) is 6.54 Å². The monoisotopic (exact) mass is 394 g/mol. The molecule has 1 aromatic heterocycles. The first-order chi connectivity index (χ1) is 12.0. The van der Waals surface area contributed by atoms with Crippen LogP contribution in [0.3, 0.4) is 0 Å². The molecule has 0 radical (unpaired) electrons. The summed E-state index contributed by atoms with van der Waals surface area (Å²) in [7, 11) is 1.23. The highest BCUT2D eigenvalue weighted by atomic mass is 32.1. The molecule has 1 fully saturated rings. The lowest BCUT2D eigenvalue weighted by atomic mass is 9.86. The molecule has 146 valence electrons. The van der Waals surface area contributed by atoms with E-state index in [2.05, 4.69) is 10.3 Å². The second-order valence-corrected chi connectivity index (χ2v) is 7.44. The molecule has 10 heteroatoms. The fraction of sp³-hybridized carbons (Fsp3) is 0.688. The highest BCUT2D eigenvalue weighted by Gasteiger charge is 2.58. The minimum Gasteiger partial charge on any atom is -0.469 e. The molecule has 0 aromatic carbocycles. The van der Waals surface area contributed by atoms with Gasteiger partial charge in [-0.05, 0) is 19.8 Å². The molecule has 1 amide bonds. The number of thiazole rings is 1. The van der Waals surface area contributed by atoms with Gasteiger partial charge >= 0.3 is 12.1 Å². The van der Waals surface area contributed by atoms with Crippen molar-refractivity contribution in [2.24, 2.45) is 5.41 Å². The predicted octanol–water partition coefficient (Wildman–Crippen LogP) is 2.44. The van der Waals surface area contributed by atoms with E-state index in [4.69, 9.17) is 4.74 Å². The van der Waals surface area contributed by atoms with Crippen LogP contribution in [-0.4, -0.2) is 41.8 Å². The van der Waals surface area contributed by atoms with Gasteiger partial charge in [-0.15, -0.1) is 11.3 Å². The number of hydrogen-bond donors (Lipinski definition) is 2. The predicted molar refractivity (Wildman–Crippen MR) is 87.3 cm³/mol. The number of amides is 1. The second kappa shape index (κ2) is 7.51. The van der Waals surface area contributed by atoms with Crippen LogP contribution in [0.2, 0.25) is 0 Å². The van der Waals surface area contributed by atoms with Crippen LogP contribution in [0.5, 0.6) is 0 Å². The molecule has 6 nitrogen and oxygen atoms in total. The summed E-state index contributed by atoms with van der Waals surface area (Å²) in [4.78, 5) is 27.8. The Morgan fingerprint density at radius 2 is 2.00 bits per heavy atom. The minimum absolute atomic E-state index is 0.122. The molecule has 0 spiro atoms. The van der Waals surface area contributed by atoms with Crippen LogP contribution in [0, 0.1) is 12.3 Å². The number of alkyl halides is 3. The Morgan fingerprint density at radius 3 is 2.46 bits per heavy atom. The highest BCUT2D eigenvalue weighted by Crippen LogP contribution is 2.43. The summed E-state index contributed by atoms with van der Waals surface area (Å²) >= 11 is 0.641. The number of ether oxygens (including phenoxy) is 1. The van der Waals surface area contributed by atoms with Crippen LogP contribution in [0.25, 0.3) is 0 Å². The van der Waals surface area contributed by atoms with Gasteiger partial charge in [0.05, 0.1) is 18.9 Å². The number of nitrogens with one attached hydrogen (secondary N) is 1. The normalized spacial score (nSPS) is 19.0.